The van der Waals surface area contributed by atoms with Gasteiger partial charge in [0.05, 0.1) is 11.4 Å². The number of nitrogens with one attached hydrogen (secondary N) is 1. The molecule has 1 fully saturated rings. The van der Waals surface area contributed by atoms with Gasteiger partial charge < -0.3 is 4.90 Å². The molecule has 1 heterocycles. The molecular formula is C19H24N2O2S. The Kier molecular flexibility index (Phi) is 5.09. The van der Waals surface area contributed by atoms with Gasteiger partial charge in [-0.2, -0.15) is 0 Å². The summed E-state index contributed by atoms with van der Waals surface area (Å²) in [6.07, 6.45) is 3.67. The lowest BCUT2D eigenvalue weighted by atomic mass is 10.1. The number of rotatable bonds is 5. The number of nitrogens with zero attached hydrogens (tertiary/aromatic N) is 1. The number of sulfonamides is 1. The maximum absolute atomic E-state index is 12.5. The van der Waals surface area contributed by atoms with E-state index in [2.05, 4.69) is 15.7 Å². The molecule has 0 aliphatic carbocycles. The molecule has 24 heavy (non-hydrogen) atoms. The third-order valence-electron chi connectivity index (χ3n) is 4.41. The quantitative estimate of drug-likeness (QED) is 0.894. The highest BCUT2D eigenvalue weighted by atomic mass is 32.2. The third-order valence-corrected chi connectivity index (χ3v) is 5.65. The van der Waals surface area contributed by atoms with Crippen LogP contribution in [0, 0.1) is 6.92 Å². The first-order valence-electron chi connectivity index (χ1n) is 8.43. The van der Waals surface area contributed by atoms with Gasteiger partial charge in [-0.25, -0.2) is 8.42 Å². The van der Waals surface area contributed by atoms with E-state index in [1.807, 2.05) is 49.4 Å². The molecule has 4 nitrogen and oxygen atoms in total. The molecule has 128 valence electrons. The van der Waals surface area contributed by atoms with E-state index in [-0.39, 0.29) is 5.75 Å². The highest BCUT2D eigenvalue weighted by Crippen LogP contribution is 2.27. The second-order valence-corrected chi connectivity index (χ2v) is 8.12. The van der Waals surface area contributed by atoms with E-state index in [0.29, 0.717) is 5.69 Å². The summed E-state index contributed by atoms with van der Waals surface area (Å²) in [5, 5.41) is 0. The fourth-order valence-electron chi connectivity index (χ4n) is 3.07. The fourth-order valence-corrected chi connectivity index (χ4v) is 4.32. The van der Waals surface area contributed by atoms with Crippen LogP contribution in [0.1, 0.15) is 30.4 Å². The first-order valence-corrected chi connectivity index (χ1v) is 10.1. The van der Waals surface area contributed by atoms with E-state index in [1.165, 1.54) is 19.3 Å². The minimum Gasteiger partial charge on any atom is -0.371 e. The van der Waals surface area contributed by atoms with Crippen molar-refractivity contribution in [1.82, 2.24) is 0 Å². The van der Waals surface area contributed by atoms with Crippen LogP contribution >= 0.6 is 0 Å². The number of benzene rings is 2. The SMILES string of the molecule is Cc1ccc(N2CCCCC2)cc1NS(=O)(=O)Cc1ccccc1. The van der Waals surface area contributed by atoms with Gasteiger partial charge in [-0.05, 0) is 49.4 Å². The molecule has 0 spiro atoms. The van der Waals surface area contributed by atoms with Crippen LogP contribution in [0.3, 0.4) is 0 Å². The lowest BCUT2D eigenvalue weighted by Crippen LogP contribution is -2.29. The summed E-state index contributed by atoms with van der Waals surface area (Å²) in [4.78, 5) is 2.33. The van der Waals surface area contributed by atoms with E-state index in [4.69, 9.17) is 0 Å². The third kappa shape index (κ3) is 4.29. The van der Waals surface area contributed by atoms with Crippen molar-refractivity contribution in [2.45, 2.75) is 31.9 Å². The zero-order valence-corrected chi connectivity index (χ0v) is 14.8. The Morgan fingerprint density at radius 3 is 2.42 bits per heavy atom. The van der Waals surface area contributed by atoms with E-state index in [0.717, 1.165) is 29.9 Å². The van der Waals surface area contributed by atoms with Crippen molar-refractivity contribution in [3.05, 3.63) is 59.7 Å². The summed E-state index contributed by atoms with van der Waals surface area (Å²) in [7, 11) is -3.43. The standard InChI is InChI=1S/C19H24N2O2S/c1-16-10-11-18(21-12-6-3-7-13-21)14-19(16)20-24(22,23)15-17-8-4-2-5-9-17/h2,4-5,8-11,14,20H,3,6-7,12-13,15H2,1H3. The Hall–Kier alpha value is -2.01. The average molecular weight is 344 g/mol. The number of anilines is 2. The van der Waals surface area contributed by atoms with Gasteiger partial charge in [0, 0.05) is 18.8 Å². The second kappa shape index (κ2) is 7.26. The van der Waals surface area contributed by atoms with Crippen molar-refractivity contribution in [1.29, 1.82) is 0 Å². The van der Waals surface area contributed by atoms with Gasteiger partial charge >= 0.3 is 0 Å². The molecule has 2 aromatic carbocycles. The zero-order chi connectivity index (χ0) is 17.0. The summed E-state index contributed by atoms with van der Waals surface area (Å²) in [6.45, 7) is 4.01. The minimum absolute atomic E-state index is 0.0127. The van der Waals surface area contributed by atoms with Crippen LogP contribution in [-0.2, 0) is 15.8 Å². The minimum atomic E-state index is -3.43. The maximum atomic E-state index is 12.5. The van der Waals surface area contributed by atoms with E-state index >= 15 is 0 Å². The van der Waals surface area contributed by atoms with Crippen molar-refractivity contribution >= 4 is 21.4 Å². The van der Waals surface area contributed by atoms with Crippen LogP contribution in [0.25, 0.3) is 0 Å². The van der Waals surface area contributed by atoms with Gasteiger partial charge in [0.2, 0.25) is 10.0 Å². The molecular weight excluding hydrogens is 320 g/mol. The van der Waals surface area contributed by atoms with Crippen LogP contribution < -0.4 is 9.62 Å². The first kappa shape index (κ1) is 16.8. The van der Waals surface area contributed by atoms with Gasteiger partial charge in [0.15, 0.2) is 0 Å². The van der Waals surface area contributed by atoms with Gasteiger partial charge in [0.1, 0.15) is 0 Å². The Morgan fingerprint density at radius 2 is 1.71 bits per heavy atom. The zero-order valence-electron chi connectivity index (χ0n) is 14.0. The summed E-state index contributed by atoms with van der Waals surface area (Å²) < 4.78 is 27.7. The maximum Gasteiger partial charge on any atom is 0.236 e. The molecule has 0 aromatic heterocycles. The highest BCUT2D eigenvalue weighted by molar-refractivity contribution is 7.91. The lowest BCUT2D eigenvalue weighted by Gasteiger charge is -2.29. The molecule has 0 unspecified atom stereocenters. The molecule has 1 N–H and O–H groups in total. The predicted octanol–water partition coefficient (Wildman–Crippen LogP) is 3.93. The molecule has 1 saturated heterocycles. The van der Waals surface area contributed by atoms with Crippen molar-refractivity contribution < 1.29 is 8.42 Å². The van der Waals surface area contributed by atoms with Crippen LogP contribution in [0.5, 0.6) is 0 Å². The normalized spacial score (nSPS) is 15.3. The fraction of sp³-hybridized carbons (Fsp3) is 0.368. The first-order chi connectivity index (χ1) is 11.5. The van der Waals surface area contributed by atoms with E-state index in [1.54, 1.807) is 0 Å². The van der Waals surface area contributed by atoms with Crippen LogP contribution in [0.15, 0.2) is 48.5 Å². The Labute approximate surface area is 144 Å². The molecule has 1 aliphatic heterocycles. The molecule has 0 radical (unpaired) electrons. The number of hydrogen-bond acceptors (Lipinski definition) is 3. The van der Waals surface area contributed by atoms with Gasteiger partial charge in [-0.3, -0.25) is 4.72 Å². The Balaban J connectivity index is 1.78. The van der Waals surface area contributed by atoms with Crippen molar-refractivity contribution in [2.24, 2.45) is 0 Å². The number of aryl methyl sites for hydroxylation is 1. The summed E-state index contributed by atoms with van der Waals surface area (Å²) in [5.74, 6) is -0.0127. The van der Waals surface area contributed by atoms with E-state index in [9.17, 15) is 8.42 Å². The van der Waals surface area contributed by atoms with Crippen LogP contribution in [-0.4, -0.2) is 21.5 Å². The monoisotopic (exact) mass is 344 g/mol. The van der Waals surface area contributed by atoms with Crippen molar-refractivity contribution in [3.63, 3.8) is 0 Å². The number of hydrogen-bond donors (Lipinski definition) is 1. The van der Waals surface area contributed by atoms with E-state index < -0.39 is 10.0 Å². The largest absolute Gasteiger partial charge is 0.371 e. The van der Waals surface area contributed by atoms with Crippen LogP contribution in [0.4, 0.5) is 11.4 Å². The van der Waals surface area contributed by atoms with Gasteiger partial charge in [0.25, 0.3) is 0 Å². The second-order valence-electron chi connectivity index (χ2n) is 6.39. The average Bonchev–Trinajstić information content (AvgIpc) is 2.58. The molecule has 1 aliphatic rings. The summed E-state index contributed by atoms with van der Waals surface area (Å²) >= 11 is 0. The van der Waals surface area contributed by atoms with Crippen molar-refractivity contribution in [2.75, 3.05) is 22.7 Å². The molecule has 2 aromatic rings. The topological polar surface area (TPSA) is 49.4 Å². The molecule has 0 atom stereocenters. The van der Waals surface area contributed by atoms with Gasteiger partial charge in [-0.15, -0.1) is 0 Å². The lowest BCUT2D eigenvalue weighted by molar-refractivity contribution is 0.578. The van der Waals surface area contributed by atoms with Crippen LogP contribution in [0.2, 0.25) is 0 Å². The molecule has 3 rings (SSSR count). The predicted molar refractivity (Wildman–Crippen MR) is 99.9 cm³/mol. The smallest absolute Gasteiger partial charge is 0.236 e. The molecule has 0 bridgehead atoms. The Bertz CT molecular complexity index is 782. The highest BCUT2D eigenvalue weighted by Gasteiger charge is 2.16. The number of piperidine rings is 1. The molecule has 0 saturated carbocycles. The summed E-state index contributed by atoms with van der Waals surface area (Å²) in [5.41, 5.74) is 3.49. The molecule has 0 amide bonds. The molecule has 5 heteroatoms. The summed E-state index contributed by atoms with van der Waals surface area (Å²) in [6, 6.07) is 15.3. The van der Waals surface area contributed by atoms with Crippen molar-refractivity contribution in [3.8, 4) is 0 Å². The Morgan fingerprint density at radius 1 is 1.00 bits per heavy atom. The van der Waals surface area contributed by atoms with Gasteiger partial charge in [-0.1, -0.05) is 36.4 Å².